The predicted octanol–water partition coefficient (Wildman–Crippen LogP) is 4.85. The van der Waals surface area contributed by atoms with Crippen molar-refractivity contribution in [3.8, 4) is 5.75 Å². The largest absolute Gasteiger partial charge is 0.484 e. The van der Waals surface area contributed by atoms with Crippen LogP contribution in [0.5, 0.6) is 5.75 Å². The molecule has 1 N–H and O–H groups in total. The van der Waals surface area contributed by atoms with Gasteiger partial charge in [-0.2, -0.15) is 0 Å². The average Bonchev–Trinajstić information content (AvgIpc) is 2.85. The van der Waals surface area contributed by atoms with E-state index < -0.39 is 6.04 Å². The molecule has 5 nitrogen and oxygen atoms in total. The smallest absolute Gasteiger partial charge is 0.261 e. The minimum Gasteiger partial charge on any atom is -0.484 e. The fraction of sp³-hybridized carbons (Fsp3) is 0.310. The van der Waals surface area contributed by atoms with Gasteiger partial charge in [-0.3, -0.25) is 9.59 Å². The molecule has 34 heavy (non-hydrogen) atoms. The summed E-state index contributed by atoms with van der Waals surface area (Å²) in [5.74, 6) is 0.264. The topological polar surface area (TPSA) is 58.6 Å². The summed E-state index contributed by atoms with van der Waals surface area (Å²) in [6, 6.07) is 24.7. The third-order valence-electron chi connectivity index (χ3n) is 5.77. The van der Waals surface area contributed by atoms with Gasteiger partial charge in [0, 0.05) is 19.5 Å². The van der Waals surface area contributed by atoms with E-state index in [2.05, 4.69) is 5.32 Å². The lowest BCUT2D eigenvalue weighted by molar-refractivity contribution is -0.142. The monoisotopic (exact) mass is 458 g/mol. The number of hydrogen-bond donors (Lipinski definition) is 1. The highest BCUT2D eigenvalue weighted by Gasteiger charge is 2.30. The highest BCUT2D eigenvalue weighted by molar-refractivity contribution is 5.88. The summed E-state index contributed by atoms with van der Waals surface area (Å²) in [5, 5.41) is 3.00. The molecule has 0 heterocycles. The Morgan fingerprint density at radius 1 is 0.941 bits per heavy atom. The fourth-order valence-electron chi connectivity index (χ4n) is 3.82. The lowest BCUT2D eigenvalue weighted by atomic mass is 10.0. The highest BCUT2D eigenvalue weighted by atomic mass is 16.5. The Labute approximate surface area is 202 Å². The molecule has 5 heteroatoms. The van der Waals surface area contributed by atoms with Crippen molar-refractivity contribution < 1.29 is 14.3 Å². The minimum absolute atomic E-state index is 0.137. The summed E-state index contributed by atoms with van der Waals surface area (Å²) in [7, 11) is 0. The van der Waals surface area contributed by atoms with Crippen molar-refractivity contribution >= 4 is 11.8 Å². The summed E-state index contributed by atoms with van der Waals surface area (Å²) in [6.45, 7) is 6.77. The molecule has 0 radical (unpaired) electrons. The number of nitrogens with one attached hydrogen (secondary N) is 1. The molecule has 178 valence electrons. The molecule has 1 unspecified atom stereocenters. The molecule has 0 aliphatic rings. The van der Waals surface area contributed by atoms with Crippen LogP contribution >= 0.6 is 0 Å². The second-order valence-corrected chi connectivity index (χ2v) is 8.55. The van der Waals surface area contributed by atoms with Gasteiger partial charge >= 0.3 is 0 Å². The summed E-state index contributed by atoms with van der Waals surface area (Å²) in [6.07, 6.45) is 1.25. The predicted molar refractivity (Wildman–Crippen MR) is 136 cm³/mol. The number of benzene rings is 3. The Morgan fingerprint density at radius 2 is 1.68 bits per heavy atom. The van der Waals surface area contributed by atoms with Gasteiger partial charge in [-0.25, -0.2) is 0 Å². The summed E-state index contributed by atoms with van der Waals surface area (Å²) in [5.41, 5.74) is 4.14. The summed E-state index contributed by atoms with van der Waals surface area (Å²) in [4.78, 5) is 28.5. The van der Waals surface area contributed by atoms with Crippen LogP contribution in [0.1, 0.15) is 35.6 Å². The number of nitrogens with zero attached hydrogens (tertiary/aromatic N) is 1. The van der Waals surface area contributed by atoms with Gasteiger partial charge in [0.1, 0.15) is 11.8 Å². The van der Waals surface area contributed by atoms with Crippen molar-refractivity contribution in [3.63, 3.8) is 0 Å². The number of carbonyl (C=O) groups excluding carboxylic acids is 2. The zero-order valence-corrected chi connectivity index (χ0v) is 20.3. The van der Waals surface area contributed by atoms with Crippen LogP contribution in [0.2, 0.25) is 0 Å². The third-order valence-corrected chi connectivity index (χ3v) is 5.77. The Kier molecular flexibility index (Phi) is 9.27. The molecule has 0 bridgehead atoms. The van der Waals surface area contributed by atoms with E-state index in [0.717, 1.165) is 28.7 Å². The van der Waals surface area contributed by atoms with E-state index in [1.54, 1.807) is 4.90 Å². The van der Waals surface area contributed by atoms with Crippen LogP contribution in [0.3, 0.4) is 0 Å². The van der Waals surface area contributed by atoms with Gasteiger partial charge in [0.2, 0.25) is 5.91 Å². The second kappa shape index (κ2) is 12.6. The van der Waals surface area contributed by atoms with E-state index in [9.17, 15) is 9.59 Å². The maximum absolute atomic E-state index is 13.5. The van der Waals surface area contributed by atoms with Crippen LogP contribution in [0.4, 0.5) is 0 Å². The highest BCUT2D eigenvalue weighted by Crippen LogP contribution is 2.18. The van der Waals surface area contributed by atoms with E-state index >= 15 is 0 Å². The molecule has 0 spiro atoms. The number of ether oxygens (including phenoxy) is 1. The lowest BCUT2D eigenvalue weighted by Crippen LogP contribution is -2.51. The van der Waals surface area contributed by atoms with Gasteiger partial charge in [-0.15, -0.1) is 0 Å². The second-order valence-electron chi connectivity index (χ2n) is 8.55. The van der Waals surface area contributed by atoms with E-state index in [4.69, 9.17) is 4.74 Å². The van der Waals surface area contributed by atoms with Crippen molar-refractivity contribution in [3.05, 3.63) is 101 Å². The molecule has 0 saturated carbocycles. The summed E-state index contributed by atoms with van der Waals surface area (Å²) < 4.78 is 5.84. The number of hydrogen-bond acceptors (Lipinski definition) is 3. The average molecular weight is 459 g/mol. The molecule has 1 atom stereocenters. The molecule has 3 aromatic carbocycles. The molecule has 0 aromatic heterocycles. The van der Waals surface area contributed by atoms with Crippen LogP contribution < -0.4 is 10.1 Å². The molecular weight excluding hydrogens is 424 g/mol. The Balaban J connectivity index is 1.90. The van der Waals surface area contributed by atoms with Crippen LogP contribution in [0.15, 0.2) is 78.9 Å². The maximum Gasteiger partial charge on any atom is 0.261 e. The zero-order chi connectivity index (χ0) is 24.3. The van der Waals surface area contributed by atoms with Gasteiger partial charge < -0.3 is 15.0 Å². The first-order valence-corrected chi connectivity index (χ1v) is 11.8. The van der Waals surface area contributed by atoms with Crippen molar-refractivity contribution in [1.82, 2.24) is 10.2 Å². The molecule has 3 aromatic rings. The van der Waals surface area contributed by atoms with E-state index in [1.165, 1.54) is 0 Å². The standard InChI is InChI=1S/C29H34N2O3/c1-4-17-30-29(33)27(19-24-13-6-5-7-14-24)31(20-25-15-9-8-12-23(25)3)28(32)21-34-26-16-10-11-22(2)18-26/h5-16,18,27H,4,17,19-21H2,1-3H3,(H,30,33). The van der Waals surface area contributed by atoms with E-state index in [0.29, 0.717) is 25.3 Å². The fourth-order valence-corrected chi connectivity index (χ4v) is 3.82. The molecule has 2 amide bonds. The molecule has 0 aliphatic carbocycles. The zero-order valence-electron chi connectivity index (χ0n) is 20.3. The molecule has 0 aliphatic heterocycles. The Morgan fingerprint density at radius 3 is 2.38 bits per heavy atom. The minimum atomic E-state index is -0.651. The van der Waals surface area contributed by atoms with Crippen LogP contribution in [-0.2, 0) is 22.6 Å². The first-order chi connectivity index (χ1) is 16.5. The number of amides is 2. The molecule has 3 rings (SSSR count). The molecule has 0 saturated heterocycles. The van der Waals surface area contributed by atoms with Gasteiger partial charge in [-0.1, -0.05) is 73.7 Å². The Bertz CT molecular complexity index is 1080. The Hall–Kier alpha value is -3.60. The normalized spacial score (nSPS) is 11.5. The van der Waals surface area contributed by atoms with Crippen molar-refractivity contribution in [2.45, 2.75) is 46.2 Å². The first-order valence-electron chi connectivity index (χ1n) is 11.8. The quantitative estimate of drug-likeness (QED) is 0.447. The summed E-state index contributed by atoms with van der Waals surface area (Å²) >= 11 is 0. The van der Waals surface area contributed by atoms with Gasteiger partial charge in [0.25, 0.3) is 5.91 Å². The van der Waals surface area contributed by atoms with E-state index in [-0.39, 0.29) is 18.4 Å². The third kappa shape index (κ3) is 7.20. The van der Waals surface area contributed by atoms with Crippen molar-refractivity contribution in [2.75, 3.05) is 13.2 Å². The van der Waals surface area contributed by atoms with Crippen LogP contribution in [0, 0.1) is 13.8 Å². The van der Waals surface area contributed by atoms with Crippen LogP contribution in [-0.4, -0.2) is 35.9 Å². The van der Waals surface area contributed by atoms with Crippen LogP contribution in [0.25, 0.3) is 0 Å². The lowest BCUT2D eigenvalue weighted by Gasteiger charge is -2.32. The van der Waals surface area contributed by atoms with Gasteiger partial charge in [0.15, 0.2) is 6.61 Å². The number of rotatable bonds is 11. The maximum atomic E-state index is 13.5. The SMILES string of the molecule is CCCNC(=O)C(Cc1ccccc1)N(Cc1ccccc1C)C(=O)COc1cccc(C)c1. The van der Waals surface area contributed by atoms with Gasteiger partial charge in [-0.05, 0) is 54.7 Å². The van der Waals surface area contributed by atoms with Crippen molar-refractivity contribution in [2.24, 2.45) is 0 Å². The molecular formula is C29H34N2O3. The first kappa shape index (κ1) is 25.0. The number of carbonyl (C=O) groups is 2. The van der Waals surface area contributed by atoms with Crippen molar-refractivity contribution in [1.29, 1.82) is 0 Å². The van der Waals surface area contributed by atoms with E-state index in [1.807, 2.05) is 99.6 Å². The van der Waals surface area contributed by atoms with Gasteiger partial charge in [0.05, 0.1) is 0 Å². The molecule has 0 fully saturated rings. The number of aryl methyl sites for hydroxylation is 2.